The lowest BCUT2D eigenvalue weighted by Gasteiger charge is -2.16. The van der Waals surface area contributed by atoms with Gasteiger partial charge in [-0.2, -0.15) is 0 Å². The summed E-state index contributed by atoms with van der Waals surface area (Å²) in [5.41, 5.74) is 3.42. The predicted molar refractivity (Wildman–Crippen MR) is 86.2 cm³/mol. The van der Waals surface area contributed by atoms with Crippen molar-refractivity contribution >= 4 is 12.6 Å². The van der Waals surface area contributed by atoms with Crippen LogP contribution in [0, 0.1) is 6.92 Å². The first-order valence-electron chi connectivity index (χ1n) is 6.86. The summed E-state index contributed by atoms with van der Waals surface area (Å²) < 4.78 is 11.4. The van der Waals surface area contributed by atoms with Crippen LogP contribution >= 0.6 is 12.6 Å². The van der Waals surface area contributed by atoms with Gasteiger partial charge in [0.15, 0.2) is 0 Å². The van der Waals surface area contributed by atoms with Gasteiger partial charge in [0.05, 0.1) is 13.2 Å². The van der Waals surface area contributed by atoms with Gasteiger partial charge in [-0.25, -0.2) is 0 Å². The van der Waals surface area contributed by atoms with Crippen LogP contribution < -0.4 is 9.47 Å². The van der Waals surface area contributed by atoms with Crippen molar-refractivity contribution in [3.8, 4) is 22.6 Å². The number of hydrogen-bond acceptors (Lipinski definition) is 3. The van der Waals surface area contributed by atoms with Gasteiger partial charge in [-0.15, -0.1) is 12.6 Å². The summed E-state index contributed by atoms with van der Waals surface area (Å²) in [6, 6.07) is 12.2. The van der Waals surface area contributed by atoms with Gasteiger partial charge in [-0.3, -0.25) is 0 Å². The Kier molecular flexibility index (Phi) is 4.96. The third kappa shape index (κ3) is 3.10. The Morgan fingerprint density at radius 2 is 1.55 bits per heavy atom. The van der Waals surface area contributed by atoms with Crippen molar-refractivity contribution in [2.45, 2.75) is 25.7 Å². The number of rotatable bonds is 5. The standard InChI is InChI=1S/C17H20O2S/c1-4-18-15-11-17(20)16(19-5-2)10-14(15)13-9-7-6-8-12(13)3/h6-11,20H,4-5H2,1-3H3. The summed E-state index contributed by atoms with van der Waals surface area (Å²) in [6.45, 7) is 7.29. The molecular formula is C17H20O2S. The number of hydrogen-bond donors (Lipinski definition) is 1. The van der Waals surface area contributed by atoms with Gasteiger partial charge >= 0.3 is 0 Å². The van der Waals surface area contributed by atoms with E-state index in [4.69, 9.17) is 9.47 Å². The Labute approximate surface area is 126 Å². The predicted octanol–water partition coefficient (Wildman–Crippen LogP) is 4.75. The molecule has 2 aromatic rings. The highest BCUT2D eigenvalue weighted by Crippen LogP contribution is 2.39. The molecule has 0 N–H and O–H groups in total. The van der Waals surface area contributed by atoms with Gasteiger partial charge in [0.2, 0.25) is 0 Å². The van der Waals surface area contributed by atoms with Crippen LogP contribution in [-0.2, 0) is 0 Å². The maximum absolute atomic E-state index is 5.76. The van der Waals surface area contributed by atoms with Crippen LogP contribution in [0.25, 0.3) is 11.1 Å². The Morgan fingerprint density at radius 1 is 0.900 bits per heavy atom. The van der Waals surface area contributed by atoms with Crippen LogP contribution in [0.4, 0.5) is 0 Å². The smallest absolute Gasteiger partial charge is 0.133 e. The maximum atomic E-state index is 5.76. The van der Waals surface area contributed by atoms with E-state index in [1.807, 2.05) is 38.1 Å². The van der Waals surface area contributed by atoms with E-state index in [2.05, 4.69) is 31.7 Å². The molecule has 0 atom stereocenters. The third-order valence-electron chi connectivity index (χ3n) is 3.10. The van der Waals surface area contributed by atoms with Gasteiger partial charge in [0, 0.05) is 10.5 Å². The normalized spacial score (nSPS) is 10.4. The zero-order chi connectivity index (χ0) is 14.5. The first-order valence-corrected chi connectivity index (χ1v) is 7.30. The van der Waals surface area contributed by atoms with Gasteiger partial charge in [-0.05, 0) is 44.0 Å². The number of aryl methyl sites for hydroxylation is 1. The summed E-state index contributed by atoms with van der Waals surface area (Å²) in [4.78, 5) is 0.799. The van der Waals surface area contributed by atoms with Crippen LogP contribution in [0.5, 0.6) is 11.5 Å². The molecule has 2 aromatic carbocycles. The molecule has 0 aliphatic heterocycles. The summed E-state index contributed by atoms with van der Waals surface area (Å²) >= 11 is 4.48. The number of ether oxygens (including phenoxy) is 2. The van der Waals surface area contributed by atoms with E-state index >= 15 is 0 Å². The van der Waals surface area contributed by atoms with Crippen LogP contribution in [0.2, 0.25) is 0 Å². The Balaban J connectivity index is 2.59. The van der Waals surface area contributed by atoms with Crippen molar-refractivity contribution in [3.63, 3.8) is 0 Å². The molecule has 0 saturated carbocycles. The molecule has 0 amide bonds. The minimum absolute atomic E-state index is 0.620. The second-order valence-electron chi connectivity index (χ2n) is 4.50. The summed E-state index contributed by atoms with van der Waals surface area (Å²) in [7, 11) is 0. The zero-order valence-corrected chi connectivity index (χ0v) is 13.0. The van der Waals surface area contributed by atoms with Crippen molar-refractivity contribution in [3.05, 3.63) is 42.0 Å². The van der Waals surface area contributed by atoms with E-state index in [9.17, 15) is 0 Å². The summed E-state index contributed by atoms with van der Waals surface area (Å²) in [5.74, 6) is 1.63. The molecule has 0 fully saturated rings. The van der Waals surface area contributed by atoms with E-state index < -0.39 is 0 Å². The molecule has 0 radical (unpaired) electrons. The highest BCUT2D eigenvalue weighted by molar-refractivity contribution is 7.80. The molecule has 0 aliphatic rings. The lowest BCUT2D eigenvalue weighted by Crippen LogP contribution is -1.98. The molecule has 0 heterocycles. The molecule has 0 unspecified atom stereocenters. The maximum Gasteiger partial charge on any atom is 0.133 e. The lowest BCUT2D eigenvalue weighted by molar-refractivity contribution is 0.324. The minimum atomic E-state index is 0.620. The molecule has 2 rings (SSSR count). The van der Waals surface area contributed by atoms with E-state index in [0.717, 1.165) is 27.5 Å². The SMILES string of the molecule is CCOc1cc(-c2ccccc2C)c(OCC)cc1S. The average Bonchev–Trinajstić information content (AvgIpc) is 2.43. The molecule has 0 aromatic heterocycles. The fourth-order valence-electron chi connectivity index (χ4n) is 2.18. The van der Waals surface area contributed by atoms with Crippen molar-refractivity contribution in [1.82, 2.24) is 0 Å². The second-order valence-corrected chi connectivity index (χ2v) is 4.98. The topological polar surface area (TPSA) is 18.5 Å². The van der Waals surface area contributed by atoms with Gasteiger partial charge in [0.25, 0.3) is 0 Å². The van der Waals surface area contributed by atoms with Crippen LogP contribution in [0.3, 0.4) is 0 Å². The molecule has 2 nitrogen and oxygen atoms in total. The Hall–Kier alpha value is -1.61. The fourth-order valence-corrected chi connectivity index (χ4v) is 2.43. The van der Waals surface area contributed by atoms with Crippen molar-refractivity contribution in [2.75, 3.05) is 13.2 Å². The van der Waals surface area contributed by atoms with Gasteiger partial charge < -0.3 is 9.47 Å². The molecule has 0 saturated heterocycles. The van der Waals surface area contributed by atoms with E-state index in [1.54, 1.807) is 0 Å². The van der Waals surface area contributed by atoms with Crippen molar-refractivity contribution < 1.29 is 9.47 Å². The highest BCUT2D eigenvalue weighted by atomic mass is 32.1. The largest absolute Gasteiger partial charge is 0.493 e. The Bertz CT molecular complexity index is 594. The quantitative estimate of drug-likeness (QED) is 0.800. The molecule has 0 aliphatic carbocycles. The lowest BCUT2D eigenvalue weighted by atomic mass is 9.99. The van der Waals surface area contributed by atoms with Crippen LogP contribution in [0.15, 0.2) is 41.3 Å². The monoisotopic (exact) mass is 288 g/mol. The first kappa shape index (κ1) is 14.8. The third-order valence-corrected chi connectivity index (χ3v) is 3.45. The summed E-state index contributed by atoms with van der Waals surface area (Å²) in [5, 5.41) is 0. The molecule has 20 heavy (non-hydrogen) atoms. The van der Waals surface area contributed by atoms with E-state index in [-0.39, 0.29) is 0 Å². The number of thiol groups is 1. The van der Waals surface area contributed by atoms with E-state index in [0.29, 0.717) is 13.2 Å². The molecule has 106 valence electrons. The van der Waals surface area contributed by atoms with Crippen molar-refractivity contribution in [1.29, 1.82) is 0 Å². The van der Waals surface area contributed by atoms with Gasteiger partial charge in [0.1, 0.15) is 11.5 Å². The molecular weight excluding hydrogens is 268 g/mol. The molecule has 0 spiro atoms. The molecule has 3 heteroatoms. The second kappa shape index (κ2) is 6.71. The highest BCUT2D eigenvalue weighted by Gasteiger charge is 2.13. The number of benzene rings is 2. The summed E-state index contributed by atoms with van der Waals surface area (Å²) in [6.07, 6.45) is 0. The molecule has 0 bridgehead atoms. The van der Waals surface area contributed by atoms with Gasteiger partial charge in [-0.1, -0.05) is 24.3 Å². The zero-order valence-electron chi connectivity index (χ0n) is 12.1. The fraction of sp³-hybridized carbons (Fsp3) is 0.294. The van der Waals surface area contributed by atoms with Crippen LogP contribution in [0.1, 0.15) is 19.4 Å². The minimum Gasteiger partial charge on any atom is -0.493 e. The van der Waals surface area contributed by atoms with E-state index in [1.165, 1.54) is 5.56 Å². The Morgan fingerprint density at radius 3 is 2.20 bits per heavy atom. The average molecular weight is 288 g/mol. The van der Waals surface area contributed by atoms with Crippen LogP contribution in [-0.4, -0.2) is 13.2 Å². The first-order chi connectivity index (χ1) is 9.67. The van der Waals surface area contributed by atoms with Crippen molar-refractivity contribution in [2.24, 2.45) is 0 Å².